The maximum absolute atomic E-state index is 13.0. The molecule has 2 N–H and O–H groups in total. The summed E-state index contributed by atoms with van der Waals surface area (Å²) in [6.07, 6.45) is 1.42. The van der Waals surface area contributed by atoms with Crippen molar-refractivity contribution in [2.75, 3.05) is 25.0 Å². The third-order valence-corrected chi connectivity index (χ3v) is 6.52. The summed E-state index contributed by atoms with van der Waals surface area (Å²) in [6.45, 7) is 3.78. The first-order chi connectivity index (χ1) is 17.0. The molecule has 0 bridgehead atoms. The maximum atomic E-state index is 13.0. The summed E-state index contributed by atoms with van der Waals surface area (Å²) < 4.78 is 5.44. The third kappa shape index (κ3) is 6.42. The van der Waals surface area contributed by atoms with Gasteiger partial charge >= 0.3 is 0 Å². The van der Waals surface area contributed by atoms with Gasteiger partial charge in [-0.05, 0) is 49.6 Å². The number of anilines is 1. The van der Waals surface area contributed by atoms with Gasteiger partial charge in [0.25, 0.3) is 11.8 Å². The zero-order valence-electron chi connectivity index (χ0n) is 19.4. The maximum Gasteiger partial charge on any atom is 0.286 e. The Morgan fingerprint density at radius 3 is 2.54 bits per heavy atom. The van der Waals surface area contributed by atoms with E-state index in [1.165, 1.54) is 0 Å². The number of rotatable bonds is 8. The lowest BCUT2D eigenvalue weighted by Crippen LogP contribution is -2.45. The molecule has 1 saturated heterocycles. The molecule has 0 saturated carbocycles. The molecule has 3 amide bonds. The number of hydrogen-bond donors (Lipinski definition) is 2. The van der Waals surface area contributed by atoms with Gasteiger partial charge in [-0.15, -0.1) is 10.2 Å². The van der Waals surface area contributed by atoms with Crippen molar-refractivity contribution in [2.45, 2.75) is 26.3 Å². The molecule has 4 rings (SSSR count). The molecule has 1 atom stereocenters. The standard InChI is InChI=1S/C25H27N5O4S/c1-2-34-20-12-10-17(11-13-20)15-26-21(31)18-7-6-14-30(16-18)25(33)24-29-28-23(35-24)22(32)27-19-8-4-3-5-9-19/h3-5,8-13,18H,2,6-7,14-16H2,1H3,(H,26,31)(H,27,32). The smallest absolute Gasteiger partial charge is 0.286 e. The van der Waals surface area contributed by atoms with Crippen molar-refractivity contribution in [1.82, 2.24) is 20.4 Å². The number of likely N-dealkylation sites (tertiary alicyclic amines) is 1. The molecular formula is C25H27N5O4S. The lowest BCUT2D eigenvalue weighted by Gasteiger charge is -2.31. The Morgan fingerprint density at radius 1 is 1.06 bits per heavy atom. The van der Waals surface area contributed by atoms with Crippen LogP contribution in [0.25, 0.3) is 0 Å². The summed E-state index contributed by atoms with van der Waals surface area (Å²) in [7, 11) is 0. The van der Waals surface area contributed by atoms with Crippen LogP contribution in [-0.2, 0) is 11.3 Å². The zero-order valence-corrected chi connectivity index (χ0v) is 20.2. The minimum absolute atomic E-state index is 0.0865. The molecule has 2 aromatic carbocycles. The number of para-hydroxylation sites is 1. The van der Waals surface area contributed by atoms with E-state index in [1.54, 1.807) is 17.0 Å². The van der Waals surface area contributed by atoms with Crippen LogP contribution >= 0.6 is 11.3 Å². The van der Waals surface area contributed by atoms with E-state index in [-0.39, 0.29) is 27.7 Å². The minimum Gasteiger partial charge on any atom is -0.494 e. The number of aromatic nitrogens is 2. The average molecular weight is 494 g/mol. The minimum atomic E-state index is -0.419. The van der Waals surface area contributed by atoms with Crippen molar-refractivity contribution in [2.24, 2.45) is 5.92 Å². The molecule has 2 heterocycles. The van der Waals surface area contributed by atoms with Gasteiger partial charge in [-0.2, -0.15) is 0 Å². The first-order valence-electron chi connectivity index (χ1n) is 11.5. The van der Waals surface area contributed by atoms with Crippen molar-refractivity contribution >= 4 is 34.7 Å². The van der Waals surface area contributed by atoms with Crippen LogP contribution in [0, 0.1) is 5.92 Å². The van der Waals surface area contributed by atoms with E-state index < -0.39 is 5.91 Å². The zero-order chi connectivity index (χ0) is 24.6. The molecule has 1 aliphatic rings. The van der Waals surface area contributed by atoms with E-state index in [2.05, 4.69) is 20.8 Å². The average Bonchev–Trinajstić information content (AvgIpc) is 3.39. The van der Waals surface area contributed by atoms with Crippen LogP contribution in [0.4, 0.5) is 5.69 Å². The molecule has 182 valence electrons. The second-order valence-electron chi connectivity index (χ2n) is 8.12. The Morgan fingerprint density at radius 2 is 1.80 bits per heavy atom. The predicted molar refractivity (Wildman–Crippen MR) is 132 cm³/mol. The molecule has 1 fully saturated rings. The number of benzene rings is 2. The van der Waals surface area contributed by atoms with E-state index in [0.29, 0.717) is 44.8 Å². The second kappa shape index (κ2) is 11.6. The summed E-state index contributed by atoms with van der Waals surface area (Å²) in [4.78, 5) is 39.8. The summed E-state index contributed by atoms with van der Waals surface area (Å²) in [5.74, 6) is -0.328. The van der Waals surface area contributed by atoms with Crippen molar-refractivity contribution in [3.05, 3.63) is 70.2 Å². The van der Waals surface area contributed by atoms with Gasteiger partial charge in [0.05, 0.1) is 12.5 Å². The van der Waals surface area contributed by atoms with Gasteiger partial charge in [0.2, 0.25) is 15.9 Å². The van der Waals surface area contributed by atoms with Gasteiger partial charge < -0.3 is 20.3 Å². The van der Waals surface area contributed by atoms with Crippen LogP contribution in [0.2, 0.25) is 0 Å². The van der Waals surface area contributed by atoms with Gasteiger partial charge in [-0.3, -0.25) is 14.4 Å². The third-order valence-electron chi connectivity index (χ3n) is 5.61. The molecule has 10 heteroatoms. The van der Waals surface area contributed by atoms with Crippen LogP contribution in [0.1, 0.15) is 44.9 Å². The number of ether oxygens (including phenoxy) is 1. The highest BCUT2D eigenvalue weighted by molar-refractivity contribution is 7.15. The number of carbonyl (C=O) groups is 3. The fourth-order valence-corrected chi connectivity index (χ4v) is 4.53. The van der Waals surface area contributed by atoms with Crippen molar-refractivity contribution < 1.29 is 19.1 Å². The van der Waals surface area contributed by atoms with Crippen molar-refractivity contribution in [3.8, 4) is 5.75 Å². The molecular weight excluding hydrogens is 466 g/mol. The Hall–Kier alpha value is -3.79. The van der Waals surface area contributed by atoms with E-state index >= 15 is 0 Å². The highest BCUT2D eigenvalue weighted by Crippen LogP contribution is 2.21. The van der Waals surface area contributed by atoms with Gasteiger partial charge in [0.15, 0.2) is 0 Å². The topological polar surface area (TPSA) is 114 Å². The Balaban J connectivity index is 1.30. The van der Waals surface area contributed by atoms with E-state index in [1.807, 2.05) is 49.4 Å². The monoisotopic (exact) mass is 493 g/mol. The predicted octanol–water partition coefficient (Wildman–Crippen LogP) is 3.36. The number of carbonyl (C=O) groups excluding carboxylic acids is 3. The van der Waals surface area contributed by atoms with Crippen LogP contribution < -0.4 is 15.4 Å². The number of hydrogen-bond acceptors (Lipinski definition) is 7. The Kier molecular flexibility index (Phi) is 8.04. The van der Waals surface area contributed by atoms with E-state index in [4.69, 9.17) is 4.74 Å². The van der Waals surface area contributed by atoms with E-state index in [0.717, 1.165) is 22.6 Å². The highest BCUT2D eigenvalue weighted by atomic mass is 32.1. The fraction of sp³-hybridized carbons (Fsp3) is 0.320. The van der Waals surface area contributed by atoms with Crippen molar-refractivity contribution in [3.63, 3.8) is 0 Å². The second-order valence-corrected chi connectivity index (χ2v) is 9.10. The highest BCUT2D eigenvalue weighted by Gasteiger charge is 2.30. The summed E-state index contributed by atoms with van der Waals surface area (Å²) in [5.41, 5.74) is 1.61. The summed E-state index contributed by atoms with van der Waals surface area (Å²) in [6, 6.07) is 16.6. The Labute approximate surface area is 207 Å². The fourth-order valence-electron chi connectivity index (χ4n) is 3.82. The van der Waals surface area contributed by atoms with Crippen molar-refractivity contribution in [1.29, 1.82) is 0 Å². The van der Waals surface area contributed by atoms with Crippen LogP contribution in [0.3, 0.4) is 0 Å². The summed E-state index contributed by atoms with van der Waals surface area (Å²) in [5, 5.41) is 13.8. The SMILES string of the molecule is CCOc1ccc(CNC(=O)C2CCCN(C(=O)c3nnc(C(=O)Nc4ccccc4)s3)C2)cc1. The number of piperidine rings is 1. The van der Waals surface area contributed by atoms with Gasteiger partial charge in [-0.1, -0.05) is 41.7 Å². The number of nitrogens with zero attached hydrogens (tertiary/aromatic N) is 3. The summed E-state index contributed by atoms with van der Waals surface area (Å²) >= 11 is 0.947. The molecule has 1 unspecified atom stereocenters. The molecule has 0 aliphatic carbocycles. The van der Waals surface area contributed by atoms with Crippen LogP contribution in [-0.4, -0.2) is 52.5 Å². The normalized spacial score (nSPS) is 15.3. The largest absolute Gasteiger partial charge is 0.494 e. The molecule has 35 heavy (non-hydrogen) atoms. The Bertz CT molecular complexity index is 1170. The van der Waals surface area contributed by atoms with E-state index in [9.17, 15) is 14.4 Å². The first-order valence-corrected chi connectivity index (χ1v) is 12.3. The molecule has 3 aromatic rings. The first kappa shape index (κ1) is 24.3. The van der Waals surface area contributed by atoms with Gasteiger partial charge in [0.1, 0.15) is 5.75 Å². The number of amides is 3. The molecule has 9 nitrogen and oxygen atoms in total. The van der Waals surface area contributed by atoms with Crippen LogP contribution in [0.5, 0.6) is 5.75 Å². The van der Waals surface area contributed by atoms with Gasteiger partial charge in [-0.25, -0.2) is 0 Å². The molecule has 1 aliphatic heterocycles. The lowest BCUT2D eigenvalue weighted by molar-refractivity contribution is -0.126. The van der Waals surface area contributed by atoms with Crippen LogP contribution in [0.15, 0.2) is 54.6 Å². The molecule has 1 aromatic heterocycles. The molecule has 0 spiro atoms. The van der Waals surface area contributed by atoms with Gasteiger partial charge in [0, 0.05) is 25.3 Å². The number of nitrogens with one attached hydrogen (secondary N) is 2. The quantitative estimate of drug-likeness (QED) is 0.498. The molecule has 0 radical (unpaired) electrons. The lowest BCUT2D eigenvalue weighted by atomic mass is 9.97.